The van der Waals surface area contributed by atoms with Gasteiger partial charge in [0.05, 0.1) is 0 Å². The molecule has 0 radical (unpaired) electrons. The molecule has 1 rings (SSSR count). The fourth-order valence-electron chi connectivity index (χ4n) is 0.764. The van der Waals surface area contributed by atoms with E-state index in [1.54, 1.807) is 32.3 Å². The fourth-order valence-corrected chi connectivity index (χ4v) is 2.17. The van der Waals surface area contributed by atoms with Crippen LogP contribution in [0.5, 0.6) is 0 Å². The fraction of sp³-hybridized carbons (Fsp3) is 0.333. The van der Waals surface area contributed by atoms with Crippen LogP contribution in [0.1, 0.15) is 13.8 Å². The monoisotopic (exact) mass is 275 g/mol. The van der Waals surface area contributed by atoms with Crippen molar-refractivity contribution in [1.29, 1.82) is 0 Å². The molecule has 1 aromatic heterocycles. The normalized spacial score (nSPS) is 11.4. The van der Waals surface area contributed by atoms with Gasteiger partial charge in [0.1, 0.15) is 4.75 Å². The van der Waals surface area contributed by atoms with E-state index in [0.717, 1.165) is 9.37 Å². The highest BCUT2D eigenvalue weighted by Crippen LogP contribution is 2.36. The number of aliphatic carboxylic acids is 1. The van der Waals surface area contributed by atoms with Crippen LogP contribution in [0.3, 0.4) is 0 Å². The van der Waals surface area contributed by atoms with Gasteiger partial charge in [-0.25, -0.2) is 0 Å². The van der Waals surface area contributed by atoms with E-state index in [-0.39, 0.29) is 0 Å². The first kappa shape index (κ1) is 11.5. The lowest BCUT2D eigenvalue weighted by Gasteiger charge is -2.18. The van der Waals surface area contributed by atoms with Gasteiger partial charge >= 0.3 is 5.97 Å². The molecule has 0 spiro atoms. The summed E-state index contributed by atoms with van der Waals surface area (Å²) in [7, 11) is 0. The average molecular weight is 276 g/mol. The molecule has 0 aliphatic rings. The van der Waals surface area contributed by atoms with Gasteiger partial charge in [-0.1, -0.05) is 0 Å². The molecule has 1 N–H and O–H groups in total. The Morgan fingerprint density at radius 2 is 2.29 bits per heavy atom. The van der Waals surface area contributed by atoms with Gasteiger partial charge in [0, 0.05) is 21.8 Å². The molecule has 14 heavy (non-hydrogen) atoms. The number of carboxylic acid groups (broad SMARTS) is 1. The summed E-state index contributed by atoms with van der Waals surface area (Å²) in [6.45, 7) is 3.35. The van der Waals surface area contributed by atoms with E-state index in [1.165, 1.54) is 11.8 Å². The van der Waals surface area contributed by atoms with Crippen molar-refractivity contribution in [2.45, 2.75) is 23.5 Å². The second-order valence-corrected chi connectivity index (χ2v) is 5.74. The summed E-state index contributed by atoms with van der Waals surface area (Å²) in [6, 6.07) is 1.79. The highest BCUT2D eigenvalue weighted by atomic mass is 79.9. The third-order valence-corrected chi connectivity index (χ3v) is 3.77. The molecule has 0 atom stereocenters. The lowest BCUT2D eigenvalue weighted by Crippen LogP contribution is -2.26. The van der Waals surface area contributed by atoms with E-state index in [1.807, 2.05) is 0 Å². The maximum atomic E-state index is 10.9. The SMILES string of the molecule is CC(C)(Sc1ccncc1Br)C(=O)O. The van der Waals surface area contributed by atoms with E-state index in [4.69, 9.17) is 5.11 Å². The molecular weight excluding hydrogens is 266 g/mol. The number of halogens is 1. The molecule has 0 aliphatic heterocycles. The van der Waals surface area contributed by atoms with Crippen molar-refractivity contribution in [3.63, 3.8) is 0 Å². The number of pyridine rings is 1. The standard InChI is InChI=1S/C9H10BrNO2S/c1-9(2,8(12)13)14-7-3-4-11-5-6(7)10/h3-5H,1-2H3,(H,12,13). The molecule has 0 aliphatic carbocycles. The zero-order chi connectivity index (χ0) is 10.8. The van der Waals surface area contributed by atoms with Crippen molar-refractivity contribution in [3.8, 4) is 0 Å². The van der Waals surface area contributed by atoms with Crippen LogP contribution in [0, 0.1) is 0 Å². The Morgan fingerprint density at radius 1 is 1.64 bits per heavy atom. The minimum atomic E-state index is -0.829. The van der Waals surface area contributed by atoms with Gasteiger partial charge in [-0.15, -0.1) is 11.8 Å². The Morgan fingerprint density at radius 3 is 2.79 bits per heavy atom. The van der Waals surface area contributed by atoms with Crippen LogP contribution in [-0.4, -0.2) is 20.8 Å². The van der Waals surface area contributed by atoms with Crippen LogP contribution in [0.2, 0.25) is 0 Å². The van der Waals surface area contributed by atoms with Gasteiger partial charge < -0.3 is 5.11 Å². The lowest BCUT2D eigenvalue weighted by atomic mass is 10.2. The molecule has 5 heteroatoms. The van der Waals surface area contributed by atoms with Crippen molar-refractivity contribution in [3.05, 3.63) is 22.9 Å². The number of hydrogen-bond acceptors (Lipinski definition) is 3. The van der Waals surface area contributed by atoms with E-state index >= 15 is 0 Å². The molecular formula is C9H10BrNO2S. The first-order chi connectivity index (χ1) is 6.43. The molecule has 0 bridgehead atoms. The summed E-state index contributed by atoms with van der Waals surface area (Å²) in [4.78, 5) is 15.7. The number of nitrogens with zero attached hydrogens (tertiary/aromatic N) is 1. The molecule has 0 amide bonds. The van der Waals surface area contributed by atoms with Crippen LogP contribution >= 0.6 is 27.7 Å². The molecule has 0 aromatic carbocycles. The predicted molar refractivity (Wildman–Crippen MR) is 59.5 cm³/mol. The molecule has 3 nitrogen and oxygen atoms in total. The molecule has 0 saturated heterocycles. The average Bonchev–Trinajstić information content (AvgIpc) is 2.08. The number of carbonyl (C=O) groups is 1. The highest BCUT2D eigenvalue weighted by molar-refractivity contribution is 9.10. The summed E-state index contributed by atoms with van der Waals surface area (Å²) in [5.41, 5.74) is 0. The van der Waals surface area contributed by atoms with E-state index < -0.39 is 10.7 Å². The largest absolute Gasteiger partial charge is 0.480 e. The van der Waals surface area contributed by atoms with E-state index in [0.29, 0.717) is 0 Å². The Balaban J connectivity index is 2.89. The van der Waals surface area contributed by atoms with Crippen molar-refractivity contribution in [2.24, 2.45) is 0 Å². The first-order valence-corrected chi connectivity index (χ1v) is 5.56. The Hall–Kier alpha value is -0.550. The molecule has 0 fully saturated rings. The second-order valence-electron chi connectivity index (χ2n) is 3.22. The quantitative estimate of drug-likeness (QED) is 0.862. The number of hydrogen-bond donors (Lipinski definition) is 1. The van der Waals surface area contributed by atoms with E-state index in [2.05, 4.69) is 20.9 Å². The van der Waals surface area contributed by atoms with E-state index in [9.17, 15) is 4.79 Å². The minimum absolute atomic E-state index is 0.819. The van der Waals surface area contributed by atoms with Crippen molar-refractivity contribution in [2.75, 3.05) is 0 Å². The van der Waals surface area contributed by atoms with Gasteiger partial charge in [-0.3, -0.25) is 9.78 Å². The van der Waals surface area contributed by atoms with Crippen LogP contribution in [-0.2, 0) is 4.79 Å². The Kier molecular flexibility index (Phi) is 3.55. The third kappa shape index (κ3) is 2.72. The number of carboxylic acids is 1. The Bertz CT molecular complexity index is 354. The highest BCUT2D eigenvalue weighted by Gasteiger charge is 2.29. The zero-order valence-corrected chi connectivity index (χ0v) is 10.2. The second kappa shape index (κ2) is 4.31. The van der Waals surface area contributed by atoms with Crippen LogP contribution in [0.15, 0.2) is 27.8 Å². The predicted octanol–water partition coefficient (Wildman–Crippen LogP) is 2.80. The summed E-state index contributed by atoms with van der Waals surface area (Å²) < 4.78 is -0.0107. The van der Waals surface area contributed by atoms with Crippen molar-refractivity contribution >= 4 is 33.7 Å². The number of aromatic nitrogens is 1. The molecule has 1 aromatic rings. The molecule has 0 saturated carbocycles. The third-order valence-electron chi connectivity index (χ3n) is 1.62. The van der Waals surface area contributed by atoms with Crippen LogP contribution in [0.25, 0.3) is 0 Å². The summed E-state index contributed by atoms with van der Waals surface area (Å²) >= 11 is 4.62. The molecule has 76 valence electrons. The van der Waals surface area contributed by atoms with Gasteiger partial charge in [0.2, 0.25) is 0 Å². The van der Waals surface area contributed by atoms with Gasteiger partial charge in [-0.2, -0.15) is 0 Å². The zero-order valence-electron chi connectivity index (χ0n) is 7.82. The summed E-state index contributed by atoms with van der Waals surface area (Å²) in [5, 5.41) is 8.94. The maximum absolute atomic E-state index is 10.9. The minimum Gasteiger partial charge on any atom is -0.480 e. The van der Waals surface area contributed by atoms with Gasteiger partial charge in [-0.05, 0) is 35.8 Å². The Labute approximate surface area is 95.1 Å². The first-order valence-electron chi connectivity index (χ1n) is 3.95. The summed E-state index contributed by atoms with van der Waals surface area (Å²) in [6.07, 6.45) is 3.30. The van der Waals surface area contributed by atoms with Gasteiger partial charge in [0.15, 0.2) is 0 Å². The number of rotatable bonds is 3. The summed E-state index contributed by atoms with van der Waals surface area (Å²) in [5.74, 6) is -0.828. The smallest absolute Gasteiger partial charge is 0.319 e. The molecule has 1 heterocycles. The van der Waals surface area contributed by atoms with Crippen molar-refractivity contribution in [1.82, 2.24) is 4.98 Å². The van der Waals surface area contributed by atoms with Gasteiger partial charge in [0.25, 0.3) is 0 Å². The molecule has 0 unspecified atom stereocenters. The van der Waals surface area contributed by atoms with Crippen LogP contribution in [0.4, 0.5) is 0 Å². The number of thioether (sulfide) groups is 1. The van der Waals surface area contributed by atoms with Crippen molar-refractivity contribution < 1.29 is 9.90 Å². The van der Waals surface area contributed by atoms with Crippen LogP contribution < -0.4 is 0 Å². The maximum Gasteiger partial charge on any atom is 0.319 e. The topological polar surface area (TPSA) is 50.2 Å². The lowest BCUT2D eigenvalue weighted by molar-refractivity contribution is -0.138.